The molecule has 256 valence electrons. The van der Waals surface area contributed by atoms with Crippen LogP contribution in [0.5, 0.6) is 0 Å². The van der Waals surface area contributed by atoms with Gasteiger partial charge in [-0.1, -0.05) is 109 Å². The van der Waals surface area contributed by atoms with E-state index >= 15 is 0 Å². The third-order valence-electron chi connectivity index (χ3n) is 9.42. The molecule has 1 aromatic heterocycles. The molecule has 0 bridgehead atoms. The van der Waals surface area contributed by atoms with Crippen LogP contribution in [0.15, 0.2) is 143 Å². The Morgan fingerprint density at radius 3 is 2.06 bits per heavy atom. The average Bonchev–Trinajstić information content (AvgIpc) is 3.80. The normalized spacial score (nSPS) is 19.4. The molecule has 9 rings (SSSR count). The van der Waals surface area contributed by atoms with Gasteiger partial charge in [0.2, 0.25) is 0 Å². The van der Waals surface area contributed by atoms with Gasteiger partial charge in [0.05, 0.1) is 46.5 Å². The molecule has 0 radical (unpaired) electrons. The van der Waals surface area contributed by atoms with Crippen LogP contribution in [-0.4, -0.2) is 55.8 Å². The monoisotopic (exact) mass is 724 g/mol. The zero-order chi connectivity index (χ0) is 35.3. The zero-order valence-corrected chi connectivity index (χ0v) is 29.0. The molecule has 3 unspecified atom stereocenters. The first-order valence-corrected chi connectivity index (χ1v) is 18.1. The highest BCUT2D eigenvalue weighted by Gasteiger charge is 2.51. The summed E-state index contributed by atoms with van der Waals surface area (Å²) in [6.45, 7) is 0.236. The van der Waals surface area contributed by atoms with E-state index in [9.17, 15) is 14.4 Å². The summed E-state index contributed by atoms with van der Waals surface area (Å²) in [4.78, 5) is 51.7. The van der Waals surface area contributed by atoms with Crippen molar-refractivity contribution in [2.24, 2.45) is 5.10 Å². The number of carbonyl (C=O) groups is 2. The lowest BCUT2D eigenvalue weighted by Crippen LogP contribution is -2.47. The molecule has 3 aliphatic heterocycles. The third-order valence-corrected chi connectivity index (χ3v) is 11.2. The minimum absolute atomic E-state index is 0.00141. The van der Waals surface area contributed by atoms with E-state index in [1.54, 1.807) is 46.8 Å². The zero-order valence-electron chi connectivity index (χ0n) is 27.5. The number of aromatic nitrogens is 2. The van der Waals surface area contributed by atoms with Gasteiger partial charge in [-0.2, -0.15) is 9.78 Å². The van der Waals surface area contributed by atoms with Crippen molar-refractivity contribution in [1.29, 1.82) is 0 Å². The van der Waals surface area contributed by atoms with Crippen LogP contribution in [0.3, 0.4) is 0 Å². The summed E-state index contributed by atoms with van der Waals surface area (Å²) in [5.74, 6) is 0.160. The van der Waals surface area contributed by atoms with Crippen LogP contribution in [0.25, 0.3) is 22.3 Å². The SMILES string of the molecule is O=C1c2ccccc2C(=O)N1OCCN1N=C2C(SC(c3ccccc3)N2n2c(-c3ccccc3)nc3ccccc3c2=O)C1c1ccc(Cl)cc1. The lowest BCUT2D eigenvalue weighted by atomic mass is 10.0. The van der Waals surface area contributed by atoms with Gasteiger partial charge >= 0.3 is 0 Å². The lowest BCUT2D eigenvalue weighted by molar-refractivity contribution is -0.0968. The molecular weight excluding hydrogens is 696 g/mol. The molecule has 52 heavy (non-hydrogen) atoms. The number of amidine groups is 1. The van der Waals surface area contributed by atoms with E-state index in [2.05, 4.69) is 12.1 Å². The summed E-state index contributed by atoms with van der Waals surface area (Å²) in [6.07, 6.45) is 0. The number of hydroxylamine groups is 2. The molecule has 3 aliphatic rings. The smallest absolute Gasteiger partial charge is 0.284 e. The number of nitrogens with zero attached hydrogens (tertiary/aromatic N) is 6. The van der Waals surface area contributed by atoms with Gasteiger partial charge in [0.15, 0.2) is 11.7 Å². The molecule has 0 spiro atoms. The standard InChI is InChI=1S/C40H29ClN6O4S/c41-28-21-19-25(20-22-28)33-34-36(43-44(33)23-24-51-47-38(49)29-15-7-8-16-30(29)39(47)50)46(40(52-34)27-13-5-2-6-14-27)45-35(26-11-3-1-4-12-26)42-32-18-10-9-17-31(32)37(45)48/h1-22,33-34,40H,23-24H2. The number of fused-ring (bicyclic) bond motifs is 3. The fourth-order valence-corrected chi connectivity index (χ4v) is 8.78. The minimum atomic E-state index is -0.497. The first kappa shape index (κ1) is 32.2. The summed E-state index contributed by atoms with van der Waals surface area (Å²) in [5, 5.41) is 10.4. The van der Waals surface area contributed by atoms with Gasteiger partial charge < -0.3 is 0 Å². The van der Waals surface area contributed by atoms with Crippen LogP contribution in [0.4, 0.5) is 0 Å². The van der Waals surface area contributed by atoms with E-state index in [0.717, 1.165) is 21.8 Å². The van der Waals surface area contributed by atoms with Crippen LogP contribution in [0.1, 0.15) is 43.3 Å². The average molecular weight is 725 g/mol. The largest absolute Gasteiger partial charge is 0.285 e. The summed E-state index contributed by atoms with van der Waals surface area (Å²) in [7, 11) is 0. The van der Waals surface area contributed by atoms with Gasteiger partial charge in [-0.25, -0.2) is 9.99 Å². The third kappa shape index (κ3) is 5.36. The van der Waals surface area contributed by atoms with Gasteiger partial charge in [0, 0.05) is 10.6 Å². The summed E-state index contributed by atoms with van der Waals surface area (Å²) >= 11 is 8.04. The van der Waals surface area contributed by atoms with E-state index in [4.69, 9.17) is 26.5 Å². The van der Waals surface area contributed by atoms with E-state index in [1.807, 2.05) is 101 Å². The molecule has 1 saturated heterocycles. The van der Waals surface area contributed by atoms with Crippen molar-refractivity contribution in [2.75, 3.05) is 18.2 Å². The van der Waals surface area contributed by atoms with Gasteiger partial charge in [-0.3, -0.25) is 24.2 Å². The molecule has 4 heterocycles. The Balaban J connectivity index is 1.16. The summed E-state index contributed by atoms with van der Waals surface area (Å²) in [5.41, 5.74) is 3.74. The summed E-state index contributed by atoms with van der Waals surface area (Å²) < 4.78 is 1.67. The Morgan fingerprint density at radius 2 is 1.35 bits per heavy atom. The molecule has 3 atom stereocenters. The number of imide groups is 1. The van der Waals surface area contributed by atoms with Crippen molar-refractivity contribution in [1.82, 2.24) is 19.7 Å². The second kappa shape index (κ2) is 13.1. The topological polar surface area (TPSA) is 100 Å². The molecule has 6 aromatic rings. The molecule has 0 saturated carbocycles. The van der Waals surface area contributed by atoms with E-state index in [-0.39, 0.29) is 35.4 Å². The van der Waals surface area contributed by atoms with Crippen molar-refractivity contribution in [3.63, 3.8) is 0 Å². The van der Waals surface area contributed by atoms with Gasteiger partial charge in [-0.05, 0) is 47.5 Å². The van der Waals surface area contributed by atoms with E-state index < -0.39 is 11.8 Å². The Hall–Kier alpha value is -5.75. The fourth-order valence-electron chi connectivity index (χ4n) is 7.02. The second-order valence-corrected chi connectivity index (χ2v) is 14.2. The molecule has 2 amide bonds. The van der Waals surface area contributed by atoms with Crippen molar-refractivity contribution < 1.29 is 14.4 Å². The molecular formula is C40H29ClN6O4S. The Kier molecular flexibility index (Phi) is 8.10. The minimum Gasteiger partial charge on any atom is -0.284 e. The van der Waals surface area contributed by atoms with Crippen molar-refractivity contribution in [2.45, 2.75) is 16.7 Å². The molecule has 0 aliphatic carbocycles. The van der Waals surface area contributed by atoms with Gasteiger partial charge in [0.1, 0.15) is 5.37 Å². The van der Waals surface area contributed by atoms with Gasteiger partial charge in [0.25, 0.3) is 17.4 Å². The van der Waals surface area contributed by atoms with Crippen molar-refractivity contribution >= 4 is 51.9 Å². The maximum atomic E-state index is 14.7. The Labute approximate surface area is 307 Å². The van der Waals surface area contributed by atoms with Crippen molar-refractivity contribution in [3.8, 4) is 11.4 Å². The number of thioether (sulfide) groups is 1. The first-order chi connectivity index (χ1) is 25.5. The fraction of sp³-hybridized carbons (Fsp3) is 0.125. The quantitative estimate of drug-likeness (QED) is 0.154. The number of halogens is 1. The Bertz CT molecular complexity index is 2410. The van der Waals surface area contributed by atoms with Crippen LogP contribution in [0.2, 0.25) is 5.02 Å². The van der Waals surface area contributed by atoms with Crippen LogP contribution >= 0.6 is 23.4 Å². The van der Waals surface area contributed by atoms with Crippen LogP contribution in [-0.2, 0) is 4.84 Å². The molecule has 1 fully saturated rings. The van der Waals surface area contributed by atoms with Crippen LogP contribution in [0, 0.1) is 0 Å². The second-order valence-electron chi connectivity index (χ2n) is 12.5. The molecule has 5 aromatic carbocycles. The predicted molar refractivity (Wildman–Crippen MR) is 201 cm³/mol. The number of rotatable bonds is 8. The maximum absolute atomic E-state index is 14.7. The molecule has 12 heteroatoms. The van der Waals surface area contributed by atoms with Gasteiger partial charge in [-0.15, -0.1) is 16.8 Å². The number of benzene rings is 5. The number of para-hydroxylation sites is 1. The highest BCUT2D eigenvalue weighted by molar-refractivity contribution is 8.01. The number of amides is 2. The maximum Gasteiger partial charge on any atom is 0.285 e. The number of carbonyl (C=O) groups excluding carboxylic acids is 2. The molecule has 0 N–H and O–H groups in total. The summed E-state index contributed by atoms with van der Waals surface area (Å²) in [6, 6.07) is 41.1. The predicted octanol–water partition coefficient (Wildman–Crippen LogP) is 7.07. The highest BCUT2D eigenvalue weighted by atomic mass is 35.5. The highest BCUT2D eigenvalue weighted by Crippen LogP contribution is 2.51. The number of hydrogen-bond acceptors (Lipinski definition) is 9. The Morgan fingerprint density at radius 1 is 0.712 bits per heavy atom. The van der Waals surface area contributed by atoms with E-state index in [1.165, 1.54) is 0 Å². The number of hydrogen-bond donors (Lipinski definition) is 0. The first-order valence-electron chi connectivity index (χ1n) is 16.8. The van der Waals surface area contributed by atoms with E-state index in [0.29, 0.717) is 38.7 Å². The lowest BCUT2D eigenvalue weighted by Gasteiger charge is -2.30. The van der Waals surface area contributed by atoms with Crippen LogP contribution < -0.4 is 10.6 Å². The van der Waals surface area contributed by atoms with Crippen molar-refractivity contribution in [3.05, 3.63) is 171 Å². The molecule has 10 nitrogen and oxygen atoms in total. The number of hydrazone groups is 1.